The number of thioether (sulfide) groups is 1. The molecule has 3 aliphatic rings. The van der Waals surface area contributed by atoms with Gasteiger partial charge < -0.3 is 5.32 Å². The molecule has 2 atom stereocenters. The normalized spacial score (nSPS) is 34.5. The van der Waals surface area contributed by atoms with Crippen LogP contribution in [0.1, 0.15) is 65.2 Å². The summed E-state index contributed by atoms with van der Waals surface area (Å²) in [5.41, 5.74) is 0.524. The Hall–Kier alpha value is -0.180. The third kappa shape index (κ3) is 3.35. The van der Waals surface area contributed by atoms with E-state index in [1.54, 1.807) is 0 Å². The lowest BCUT2D eigenvalue weighted by Gasteiger charge is -2.31. The molecular weight excluding hydrogens is 264 g/mol. The first kappa shape index (κ1) is 14.7. The first-order valence-corrected chi connectivity index (χ1v) is 9.59. The second kappa shape index (κ2) is 6.29. The molecule has 114 valence electrons. The van der Waals surface area contributed by atoms with Crippen LogP contribution in [-0.4, -0.2) is 23.5 Å². The minimum atomic E-state index is 0.524. The standard InChI is InChI=1S/C17H30N2S/c1-13(2)10-17(8-3-4-9-17)12-18-16-19-15-7-5-6-14(15)11-20-16/h13-15H,3-12H2,1-2H3,(H,18,19). The quantitative estimate of drug-likeness (QED) is 0.828. The molecule has 1 saturated heterocycles. The summed E-state index contributed by atoms with van der Waals surface area (Å²) in [4.78, 5) is 5.02. The Morgan fingerprint density at radius 2 is 2.05 bits per heavy atom. The highest BCUT2D eigenvalue weighted by Gasteiger charge is 2.35. The van der Waals surface area contributed by atoms with Crippen molar-refractivity contribution in [3.63, 3.8) is 0 Å². The number of hydrogen-bond donors (Lipinski definition) is 1. The van der Waals surface area contributed by atoms with Crippen LogP contribution in [-0.2, 0) is 0 Å². The smallest absolute Gasteiger partial charge is 0.156 e. The Bertz CT molecular complexity index is 358. The molecule has 1 aliphatic heterocycles. The van der Waals surface area contributed by atoms with Crippen molar-refractivity contribution in [1.29, 1.82) is 0 Å². The highest BCUT2D eigenvalue weighted by Crippen LogP contribution is 2.43. The summed E-state index contributed by atoms with van der Waals surface area (Å²) >= 11 is 1.98. The van der Waals surface area contributed by atoms with Gasteiger partial charge in [-0.25, -0.2) is 0 Å². The predicted molar refractivity (Wildman–Crippen MR) is 89.4 cm³/mol. The second-order valence-corrected chi connectivity index (χ2v) is 8.69. The topological polar surface area (TPSA) is 24.4 Å². The fourth-order valence-electron chi connectivity index (χ4n) is 4.56. The molecule has 0 amide bonds. The van der Waals surface area contributed by atoms with Gasteiger partial charge >= 0.3 is 0 Å². The van der Waals surface area contributed by atoms with Crippen molar-refractivity contribution in [3.05, 3.63) is 0 Å². The molecule has 3 fully saturated rings. The maximum atomic E-state index is 5.02. The summed E-state index contributed by atoms with van der Waals surface area (Å²) in [6, 6.07) is 0.736. The molecule has 0 bridgehead atoms. The van der Waals surface area contributed by atoms with Gasteiger partial charge in [0.1, 0.15) is 0 Å². The minimum absolute atomic E-state index is 0.524. The number of rotatable bonds is 4. The lowest BCUT2D eigenvalue weighted by molar-refractivity contribution is 0.245. The van der Waals surface area contributed by atoms with E-state index >= 15 is 0 Å². The third-order valence-electron chi connectivity index (χ3n) is 5.47. The summed E-state index contributed by atoms with van der Waals surface area (Å²) in [5, 5.41) is 4.98. The van der Waals surface area contributed by atoms with E-state index < -0.39 is 0 Å². The fourth-order valence-corrected chi connectivity index (χ4v) is 5.72. The number of nitrogens with zero attached hydrogens (tertiary/aromatic N) is 1. The zero-order valence-corrected chi connectivity index (χ0v) is 14.0. The molecule has 2 aliphatic carbocycles. The Morgan fingerprint density at radius 1 is 1.25 bits per heavy atom. The molecule has 0 aromatic heterocycles. The van der Waals surface area contributed by atoms with Gasteiger partial charge in [-0.15, -0.1) is 0 Å². The molecular formula is C17H30N2S. The minimum Gasteiger partial charge on any atom is -0.362 e. The van der Waals surface area contributed by atoms with E-state index in [2.05, 4.69) is 19.2 Å². The van der Waals surface area contributed by atoms with Crippen molar-refractivity contribution in [2.45, 2.75) is 71.3 Å². The lowest BCUT2D eigenvalue weighted by Crippen LogP contribution is -2.42. The number of fused-ring (bicyclic) bond motifs is 1. The molecule has 3 heteroatoms. The SMILES string of the molecule is CC(C)CC1(CN=C2NC3CCCC3CS2)CCCC1. The predicted octanol–water partition coefficient (Wildman–Crippen LogP) is 4.45. The van der Waals surface area contributed by atoms with Crippen LogP contribution in [0, 0.1) is 17.3 Å². The van der Waals surface area contributed by atoms with Gasteiger partial charge in [-0.3, -0.25) is 4.99 Å². The lowest BCUT2D eigenvalue weighted by atomic mass is 9.79. The van der Waals surface area contributed by atoms with Gasteiger partial charge in [0.05, 0.1) is 0 Å². The molecule has 0 radical (unpaired) electrons. The van der Waals surface area contributed by atoms with E-state index in [0.717, 1.165) is 24.4 Å². The molecule has 2 saturated carbocycles. The fraction of sp³-hybridized carbons (Fsp3) is 0.941. The van der Waals surface area contributed by atoms with Crippen molar-refractivity contribution in [2.75, 3.05) is 12.3 Å². The maximum Gasteiger partial charge on any atom is 0.156 e. The molecule has 0 aromatic carbocycles. The second-order valence-electron chi connectivity index (χ2n) is 7.68. The largest absolute Gasteiger partial charge is 0.362 e. The molecule has 1 heterocycles. The highest BCUT2D eigenvalue weighted by molar-refractivity contribution is 8.13. The van der Waals surface area contributed by atoms with E-state index in [0.29, 0.717) is 5.41 Å². The first-order valence-electron chi connectivity index (χ1n) is 8.61. The first-order chi connectivity index (χ1) is 9.67. The molecule has 1 N–H and O–H groups in total. The van der Waals surface area contributed by atoms with E-state index in [-0.39, 0.29) is 0 Å². The summed E-state index contributed by atoms with van der Waals surface area (Å²) in [5.74, 6) is 3.02. The number of aliphatic imine (C=N–C) groups is 1. The van der Waals surface area contributed by atoms with Crippen LogP contribution in [0.4, 0.5) is 0 Å². The molecule has 0 aromatic rings. The van der Waals surface area contributed by atoms with E-state index in [4.69, 9.17) is 4.99 Å². The molecule has 0 spiro atoms. The summed E-state index contributed by atoms with van der Waals surface area (Å²) in [6.45, 7) is 5.80. The van der Waals surface area contributed by atoms with Crippen LogP contribution in [0.25, 0.3) is 0 Å². The summed E-state index contributed by atoms with van der Waals surface area (Å²) in [6.07, 6.45) is 11.2. The van der Waals surface area contributed by atoms with Gasteiger partial charge in [0.25, 0.3) is 0 Å². The van der Waals surface area contributed by atoms with Crippen molar-refractivity contribution < 1.29 is 0 Å². The van der Waals surface area contributed by atoms with Crippen molar-refractivity contribution >= 4 is 16.9 Å². The Morgan fingerprint density at radius 3 is 2.80 bits per heavy atom. The average Bonchev–Trinajstić information content (AvgIpc) is 3.04. The van der Waals surface area contributed by atoms with Crippen LogP contribution >= 0.6 is 11.8 Å². The molecule has 20 heavy (non-hydrogen) atoms. The van der Waals surface area contributed by atoms with Crippen LogP contribution in [0.3, 0.4) is 0 Å². The zero-order valence-electron chi connectivity index (χ0n) is 13.2. The van der Waals surface area contributed by atoms with Crippen molar-refractivity contribution in [1.82, 2.24) is 5.32 Å². The Kier molecular flexibility index (Phi) is 4.64. The van der Waals surface area contributed by atoms with Gasteiger partial charge in [-0.2, -0.15) is 0 Å². The van der Waals surface area contributed by atoms with Crippen LogP contribution in [0.2, 0.25) is 0 Å². The molecule has 3 rings (SSSR count). The van der Waals surface area contributed by atoms with E-state index in [9.17, 15) is 0 Å². The number of nitrogens with one attached hydrogen (secondary N) is 1. The highest BCUT2D eigenvalue weighted by atomic mass is 32.2. The average molecular weight is 295 g/mol. The van der Waals surface area contributed by atoms with Crippen LogP contribution in [0.5, 0.6) is 0 Å². The van der Waals surface area contributed by atoms with Gasteiger partial charge in [0, 0.05) is 18.3 Å². The van der Waals surface area contributed by atoms with Gasteiger partial charge in [0.15, 0.2) is 5.17 Å². The zero-order chi connectivity index (χ0) is 14.0. The monoisotopic (exact) mass is 294 g/mol. The summed E-state index contributed by atoms with van der Waals surface area (Å²) in [7, 11) is 0. The van der Waals surface area contributed by atoms with Gasteiger partial charge in [-0.1, -0.05) is 44.9 Å². The Labute approximate surface area is 128 Å². The molecule has 2 nitrogen and oxygen atoms in total. The van der Waals surface area contributed by atoms with Crippen molar-refractivity contribution in [3.8, 4) is 0 Å². The maximum absolute atomic E-state index is 5.02. The molecule has 2 unspecified atom stereocenters. The van der Waals surface area contributed by atoms with Gasteiger partial charge in [0.2, 0.25) is 0 Å². The van der Waals surface area contributed by atoms with Gasteiger partial charge in [-0.05, 0) is 49.4 Å². The number of hydrogen-bond acceptors (Lipinski definition) is 2. The number of amidine groups is 1. The van der Waals surface area contributed by atoms with E-state index in [1.165, 1.54) is 62.3 Å². The van der Waals surface area contributed by atoms with E-state index in [1.807, 2.05) is 11.8 Å². The van der Waals surface area contributed by atoms with Crippen LogP contribution in [0.15, 0.2) is 4.99 Å². The Balaban J connectivity index is 1.60. The summed E-state index contributed by atoms with van der Waals surface area (Å²) < 4.78 is 0. The van der Waals surface area contributed by atoms with Crippen LogP contribution < -0.4 is 5.32 Å². The third-order valence-corrected chi connectivity index (χ3v) is 6.58. The van der Waals surface area contributed by atoms with Crippen molar-refractivity contribution in [2.24, 2.45) is 22.2 Å².